The maximum Gasteiger partial charge on any atom is 0.271 e. The lowest BCUT2D eigenvalue weighted by molar-refractivity contribution is 0.0947. The molecular weight excluding hydrogens is 294 g/mol. The largest absolute Gasteiger partial charge is 0.350 e. The van der Waals surface area contributed by atoms with Crippen LogP contribution in [0.2, 0.25) is 0 Å². The first-order valence-electron chi connectivity index (χ1n) is 7.32. The Hall–Kier alpha value is -2.95. The molecule has 0 aliphatic carbocycles. The second-order valence-electron chi connectivity index (χ2n) is 5.41. The van der Waals surface area contributed by atoms with Crippen molar-refractivity contribution >= 4 is 5.91 Å². The van der Waals surface area contributed by atoms with Crippen molar-refractivity contribution in [1.82, 2.24) is 24.6 Å². The van der Waals surface area contributed by atoms with Gasteiger partial charge in [-0.25, -0.2) is 4.98 Å². The zero-order valence-electron chi connectivity index (χ0n) is 12.8. The van der Waals surface area contributed by atoms with Gasteiger partial charge < -0.3 is 5.32 Å². The summed E-state index contributed by atoms with van der Waals surface area (Å²) in [6.07, 6.45) is 12.3. The summed E-state index contributed by atoms with van der Waals surface area (Å²) in [5, 5.41) is 15.2. The van der Waals surface area contributed by atoms with Crippen LogP contribution in [0.1, 0.15) is 29.8 Å². The number of hydrogen-bond acceptors (Lipinski definition) is 5. The molecule has 0 saturated heterocycles. The number of amides is 1. The number of carbonyl (C=O) groups is 1. The Kier molecular flexibility index (Phi) is 3.93. The lowest BCUT2D eigenvalue weighted by atomic mass is 10.0. The van der Waals surface area contributed by atoms with Gasteiger partial charge in [-0.15, -0.1) is 12.3 Å². The molecule has 2 aromatic heterocycles. The zero-order chi connectivity index (χ0) is 16.3. The third-order valence-electron chi connectivity index (χ3n) is 3.64. The maximum absolute atomic E-state index is 12.1. The molecule has 23 heavy (non-hydrogen) atoms. The van der Waals surface area contributed by atoms with Crippen LogP contribution in [0, 0.1) is 12.3 Å². The molecule has 1 N–H and O–H groups in total. The highest BCUT2D eigenvalue weighted by Crippen LogP contribution is 2.35. The number of terminal acetylenes is 1. The van der Waals surface area contributed by atoms with E-state index < -0.39 is 0 Å². The van der Waals surface area contributed by atoms with E-state index in [0.717, 1.165) is 6.42 Å². The van der Waals surface area contributed by atoms with E-state index in [2.05, 4.69) is 31.5 Å². The van der Waals surface area contributed by atoms with Crippen molar-refractivity contribution in [3.63, 3.8) is 0 Å². The molecule has 118 valence electrons. The minimum absolute atomic E-state index is 0.229. The van der Waals surface area contributed by atoms with Crippen molar-refractivity contribution in [3.05, 3.63) is 30.5 Å². The molecule has 8 heteroatoms. The molecule has 8 nitrogen and oxygen atoms in total. The van der Waals surface area contributed by atoms with Gasteiger partial charge in [0.1, 0.15) is 12.0 Å². The molecule has 1 aliphatic rings. The van der Waals surface area contributed by atoms with E-state index in [-0.39, 0.29) is 11.6 Å². The Morgan fingerprint density at radius 3 is 2.91 bits per heavy atom. The fourth-order valence-electron chi connectivity index (χ4n) is 2.24. The van der Waals surface area contributed by atoms with Crippen molar-refractivity contribution in [1.29, 1.82) is 0 Å². The fraction of sp³-hybridized carbons (Fsp3) is 0.400. The van der Waals surface area contributed by atoms with Crippen molar-refractivity contribution in [2.75, 3.05) is 6.54 Å². The Labute approximate surface area is 133 Å². The monoisotopic (exact) mass is 311 g/mol. The first-order valence-corrected chi connectivity index (χ1v) is 7.32. The van der Waals surface area contributed by atoms with Crippen molar-refractivity contribution < 1.29 is 4.79 Å². The third-order valence-corrected chi connectivity index (χ3v) is 3.64. The number of aromatic nitrogens is 4. The minimum atomic E-state index is -0.382. The standard InChI is InChI=1S/C15H17N7O/c1-3-4-6-15(19-20-15)7-8-16-14(23)12-10-22(11-17-12)13-5-9-21(2)18-13/h1,5,9-11H,4,6-8H2,2H3,(H,16,23). The summed E-state index contributed by atoms with van der Waals surface area (Å²) in [5.41, 5.74) is -0.0366. The second kappa shape index (κ2) is 6.04. The smallest absolute Gasteiger partial charge is 0.271 e. The predicted molar refractivity (Wildman–Crippen MR) is 82.9 cm³/mol. The lowest BCUT2D eigenvalue weighted by Crippen LogP contribution is -2.28. The van der Waals surface area contributed by atoms with E-state index in [1.54, 1.807) is 21.8 Å². The summed E-state index contributed by atoms with van der Waals surface area (Å²) in [5.74, 6) is 3.06. The highest BCUT2D eigenvalue weighted by Gasteiger charge is 2.38. The Bertz CT molecular complexity index is 774. The van der Waals surface area contributed by atoms with Crippen LogP contribution in [0.5, 0.6) is 0 Å². The number of aryl methyl sites for hydroxylation is 1. The fourth-order valence-corrected chi connectivity index (χ4v) is 2.24. The number of carbonyl (C=O) groups excluding carboxylic acids is 1. The zero-order valence-corrected chi connectivity index (χ0v) is 12.8. The SMILES string of the molecule is C#CCCC1(CCNC(=O)c2cn(-c3ccn(C)n3)cn2)N=N1. The minimum Gasteiger partial charge on any atom is -0.350 e. The van der Waals surface area contributed by atoms with Gasteiger partial charge in [0.15, 0.2) is 11.5 Å². The highest BCUT2D eigenvalue weighted by atomic mass is 16.1. The summed E-state index contributed by atoms with van der Waals surface area (Å²) in [4.78, 5) is 16.2. The quantitative estimate of drug-likeness (QED) is 0.782. The predicted octanol–water partition coefficient (Wildman–Crippen LogP) is 1.30. The second-order valence-corrected chi connectivity index (χ2v) is 5.41. The van der Waals surface area contributed by atoms with Crippen LogP contribution < -0.4 is 5.32 Å². The van der Waals surface area contributed by atoms with Gasteiger partial charge in [0.05, 0.1) is 0 Å². The molecular formula is C15H17N7O. The molecule has 0 bridgehead atoms. The van der Waals surface area contributed by atoms with Crippen molar-refractivity contribution in [3.8, 4) is 18.2 Å². The topological polar surface area (TPSA) is 89.5 Å². The number of imidazole rings is 1. The normalized spacial score (nSPS) is 14.4. The molecule has 0 radical (unpaired) electrons. The molecule has 2 aromatic rings. The number of rotatable bonds is 7. The van der Waals surface area contributed by atoms with Gasteiger partial charge in [0.25, 0.3) is 5.91 Å². The van der Waals surface area contributed by atoms with E-state index in [1.165, 1.54) is 0 Å². The third kappa shape index (κ3) is 3.45. The number of nitrogens with one attached hydrogen (secondary N) is 1. The summed E-state index contributed by atoms with van der Waals surface area (Å²) in [6, 6.07) is 1.84. The Morgan fingerprint density at radius 2 is 2.26 bits per heavy atom. The molecule has 0 fully saturated rings. The van der Waals surface area contributed by atoms with E-state index in [1.807, 2.05) is 19.3 Å². The number of nitrogens with zero attached hydrogens (tertiary/aromatic N) is 6. The van der Waals surface area contributed by atoms with Crippen LogP contribution in [-0.4, -0.2) is 37.4 Å². The maximum atomic E-state index is 12.1. The average molecular weight is 311 g/mol. The van der Waals surface area contributed by atoms with Gasteiger partial charge in [0, 0.05) is 51.3 Å². The summed E-state index contributed by atoms with van der Waals surface area (Å²) < 4.78 is 3.39. The first kappa shape index (κ1) is 15.0. The van der Waals surface area contributed by atoms with Crippen LogP contribution in [-0.2, 0) is 7.05 Å². The average Bonchev–Trinajstić information content (AvgIpc) is 2.96. The molecule has 3 heterocycles. The molecule has 3 rings (SSSR count). The van der Waals surface area contributed by atoms with Crippen LogP contribution >= 0.6 is 0 Å². The molecule has 0 spiro atoms. The highest BCUT2D eigenvalue weighted by molar-refractivity contribution is 5.92. The molecule has 0 unspecified atom stereocenters. The molecule has 0 atom stereocenters. The van der Waals surface area contributed by atoms with E-state index >= 15 is 0 Å². The number of hydrogen-bond donors (Lipinski definition) is 1. The molecule has 0 saturated carbocycles. The van der Waals surface area contributed by atoms with Crippen LogP contribution in [0.3, 0.4) is 0 Å². The first-order chi connectivity index (χ1) is 11.1. The summed E-state index contributed by atoms with van der Waals surface area (Å²) in [6.45, 7) is 0.479. The van der Waals surface area contributed by atoms with Crippen molar-refractivity contribution in [2.24, 2.45) is 17.3 Å². The van der Waals surface area contributed by atoms with Gasteiger partial charge in [-0.2, -0.15) is 15.3 Å². The van der Waals surface area contributed by atoms with E-state index in [4.69, 9.17) is 6.42 Å². The lowest BCUT2D eigenvalue weighted by Gasteiger charge is -2.08. The molecule has 1 amide bonds. The van der Waals surface area contributed by atoms with Crippen molar-refractivity contribution in [2.45, 2.75) is 24.9 Å². The van der Waals surface area contributed by atoms with E-state index in [0.29, 0.717) is 30.9 Å². The van der Waals surface area contributed by atoms with Gasteiger partial charge in [-0.1, -0.05) is 0 Å². The summed E-state index contributed by atoms with van der Waals surface area (Å²) in [7, 11) is 1.83. The van der Waals surface area contributed by atoms with Gasteiger partial charge >= 0.3 is 0 Å². The van der Waals surface area contributed by atoms with Crippen LogP contribution in [0.15, 0.2) is 35.0 Å². The summed E-state index contributed by atoms with van der Waals surface area (Å²) >= 11 is 0. The van der Waals surface area contributed by atoms with Gasteiger partial charge in [-0.3, -0.25) is 14.0 Å². The Balaban J connectivity index is 1.51. The van der Waals surface area contributed by atoms with Gasteiger partial charge in [-0.05, 0) is 0 Å². The molecule has 0 aromatic carbocycles. The van der Waals surface area contributed by atoms with Gasteiger partial charge in [0.2, 0.25) is 0 Å². The Morgan fingerprint density at radius 1 is 1.43 bits per heavy atom. The van der Waals surface area contributed by atoms with Crippen LogP contribution in [0.4, 0.5) is 0 Å². The molecule has 1 aliphatic heterocycles. The van der Waals surface area contributed by atoms with E-state index in [9.17, 15) is 4.79 Å². The van der Waals surface area contributed by atoms with Crippen LogP contribution in [0.25, 0.3) is 5.82 Å².